The lowest BCUT2D eigenvalue weighted by Crippen LogP contribution is -2.39. The Kier molecular flexibility index (Phi) is 4.30. The molecule has 140 valence electrons. The van der Waals surface area contributed by atoms with Crippen LogP contribution in [0.15, 0.2) is 30.6 Å². The zero-order chi connectivity index (χ0) is 19.2. The van der Waals surface area contributed by atoms with Gasteiger partial charge in [-0.1, -0.05) is 29.8 Å². The van der Waals surface area contributed by atoms with Crippen molar-refractivity contribution in [1.82, 2.24) is 19.9 Å². The minimum atomic E-state index is -0.480. The van der Waals surface area contributed by atoms with Crippen LogP contribution in [0.1, 0.15) is 32.8 Å². The third-order valence-corrected chi connectivity index (χ3v) is 4.86. The normalized spacial score (nSPS) is 15.3. The summed E-state index contributed by atoms with van der Waals surface area (Å²) >= 11 is 6.23. The third kappa shape index (κ3) is 3.49. The molecule has 1 aromatic carbocycles. The largest absolute Gasteiger partial charge is 0.444 e. The molecule has 0 saturated heterocycles. The van der Waals surface area contributed by atoms with Crippen LogP contribution in [0.25, 0.3) is 27.5 Å². The van der Waals surface area contributed by atoms with Gasteiger partial charge in [-0.3, -0.25) is 0 Å². The fourth-order valence-corrected chi connectivity index (χ4v) is 3.55. The molecule has 3 heterocycles. The van der Waals surface area contributed by atoms with E-state index in [1.54, 1.807) is 4.90 Å². The van der Waals surface area contributed by atoms with Crippen LogP contribution < -0.4 is 0 Å². The van der Waals surface area contributed by atoms with E-state index in [4.69, 9.17) is 16.3 Å². The lowest BCUT2D eigenvalue weighted by molar-refractivity contribution is 0.0270. The molecule has 0 aliphatic carbocycles. The van der Waals surface area contributed by atoms with Gasteiger partial charge in [-0.05, 0) is 44.4 Å². The highest BCUT2D eigenvalue weighted by molar-refractivity contribution is 6.36. The summed E-state index contributed by atoms with van der Waals surface area (Å²) in [7, 11) is 0. The van der Waals surface area contributed by atoms with Gasteiger partial charge in [0.15, 0.2) is 0 Å². The maximum atomic E-state index is 12.2. The van der Waals surface area contributed by atoms with Gasteiger partial charge in [-0.2, -0.15) is 0 Å². The van der Waals surface area contributed by atoms with Gasteiger partial charge in [0.05, 0.1) is 5.39 Å². The third-order valence-electron chi connectivity index (χ3n) is 4.57. The number of carbonyl (C=O) groups excluding carboxylic acids is 1. The first-order valence-corrected chi connectivity index (χ1v) is 9.29. The van der Waals surface area contributed by atoms with Crippen LogP contribution in [0.4, 0.5) is 4.79 Å². The molecule has 0 fully saturated rings. The van der Waals surface area contributed by atoms with Crippen LogP contribution in [0.2, 0.25) is 5.15 Å². The molecular formula is C20H21ClN4O2. The van der Waals surface area contributed by atoms with Gasteiger partial charge in [0, 0.05) is 24.0 Å². The maximum Gasteiger partial charge on any atom is 0.410 e. The van der Waals surface area contributed by atoms with Crippen LogP contribution in [0.5, 0.6) is 0 Å². The van der Waals surface area contributed by atoms with E-state index in [1.807, 2.05) is 26.8 Å². The van der Waals surface area contributed by atoms with Crippen molar-refractivity contribution in [2.75, 3.05) is 13.1 Å². The van der Waals surface area contributed by atoms with Gasteiger partial charge >= 0.3 is 6.09 Å². The molecule has 1 amide bonds. The highest BCUT2D eigenvalue weighted by Gasteiger charge is 2.24. The van der Waals surface area contributed by atoms with Crippen molar-refractivity contribution in [2.24, 2.45) is 0 Å². The molecular weight excluding hydrogens is 364 g/mol. The number of ether oxygens (including phenoxy) is 1. The van der Waals surface area contributed by atoms with Crippen molar-refractivity contribution < 1.29 is 9.53 Å². The Balaban J connectivity index is 1.59. The quantitative estimate of drug-likeness (QED) is 0.612. The number of nitrogens with one attached hydrogen (secondary N) is 1. The molecule has 1 aliphatic rings. The van der Waals surface area contributed by atoms with Crippen molar-refractivity contribution in [2.45, 2.75) is 32.8 Å². The molecule has 0 spiro atoms. The Hall–Kier alpha value is -2.60. The van der Waals surface area contributed by atoms with Gasteiger partial charge in [0.25, 0.3) is 0 Å². The molecule has 0 radical (unpaired) electrons. The molecule has 4 rings (SSSR count). The number of hydrogen-bond donors (Lipinski definition) is 1. The van der Waals surface area contributed by atoms with Crippen LogP contribution in [0, 0.1) is 0 Å². The fourth-order valence-electron chi connectivity index (χ4n) is 3.31. The van der Waals surface area contributed by atoms with Gasteiger partial charge in [-0.25, -0.2) is 14.8 Å². The summed E-state index contributed by atoms with van der Waals surface area (Å²) in [6.07, 6.45) is 4.06. The van der Waals surface area contributed by atoms with Crippen LogP contribution in [0.3, 0.4) is 0 Å². The smallest absolute Gasteiger partial charge is 0.410 e. The van der Waals surface area contributed by atoms with E-state index in [9.17, 15) is 4.79 Å². The SMILES string of the molecule is CC(C)(C)OC(=O)N1CC=C(c2ccc3c(c2)[nH]c2ncnc(Cl)c23)CC1. The Morgan fingerprint density at radius 3 is 2.81 bits per heavy atom. The minimum absolute atomic E-state index is 0.267. The number of hydrogen-bond acceptors (Lipinski definition) is 4. The number of carbonyl (C=O) groups is 1. The Morgan fingerprint density at radius 1 is 1.30 bits per heavy atom. The number of benzene rings is 1. The number of halogens is 1. The molecule has 1 aliphatic heterocycles. The van der Waals surface area contributed by atoms with E-state index >= 15 is 0 Å². The van der Waals surface area contributed by atoms with Crippen LogP contribution in [-0.2, 0) is 4.74 Å². The van der Waals surface area contributed by atoms with Crippen molar-refractivity contribution in [1.29, 1.82) is 0 Å². The summed E-state index contributed by atoms with van der Waals surface area (Å²) in [5, 5.41) is 2.30. The summed E-state index contributed by atoms with van der Waals surface area (Å²) < 4.78 is 5.45. The number of fused-ring (bicyclic) bond motifs is 3. The highest BCUT2D eigenvalue weighted by Crippen LogP contribution is 2.32. The zero-order valence-electron chi connectivity index (χ0n) is 15.5. The van der Waals surface area contributed by atoms with Gasteiger partial charge in [0.2, 0.25) is 0 Å². The lowest BCUT2D eigenvalue weighted by atomic mass is 9.98. The molecule has 2 aromatic heterocycles. The zero-order valence-corrected chi connectivity index (χ0v) is 16.3. The van der Waals surface area contributed by atoms with Crippen LogP contribution >= 0.6 is 11.6 Å². The van der Waals surface area contributed by atoms with E-state index in [-0.39, 0.29) is 6.09 Å². The number of H-pyrrole nitrogens is 1. The summed E-state index contributed by atoms with van der Waals surface area (Å²) in [4.78, 5) is 25.6. The lowest BCUT2D eigenvalue weighted by Gasteiger charge is -2.29. The molecule has 6 nitrogen and oxygen atoms in total. The fraction of sp³-hybridized carbons (Fsp3) is 0.350. The van der Waals surface area contributed by atoms with Gasteiger partial charge in [-0.15, -0.1) is 0 Å². The number of aromatic nitrogens is 3. The number of rotatable bonds is 1. The van der Waals surface area contributed by atoms with Crippen molar-refractivity contribution >= 4 is 45.2 Å². The second kappa shape index (κ2) is 6.53. The molecule has 0 saturated carbocycles. The van der Waals surface area contributed by atoms with Gasteiger partial charge in [0.1, 0.15) is 22.7 Å². The Morgan fingerprint density at radius 2 is 2.11 bits per heavy atom. The second-order valence-electron chi connectivity index (χ2n) is 7.68. The minimum Gasteiger partial charge on any atom is -0.444 e. The van der Waals surface area contributed by atoms with E-state index in [0.717, 1.165) is 33.9 Å². The average molecular weight is 385 g/mol. The van der Waals surface area contributed by atoms with Crippen LogP contribution in [-0.4, -0.2) is 44.6 Å². The molecule has 0 atom stereocenters. The van der Waals surface area contributed by atoms with E-state index in [2.05, 4.69) is 33.2 Å². The molecule has 0 bridgehead atoms. The standard InChI is InChI=1S/C20H21ClN4O2/c1-20(2,3)27-19(26)25-8-6-12(7-9-25)13-4-5-14-15(10-13)24-18-16(14)17(21)22-11-23-18/h4-6,10-11H,7-9H2,1-3H3,(H,22,23,24). The molecule has 1 N–H and O–H groups in total. The van der Waals surface area contributed by atoms with Gasteiger partial charge < -0.3 is 14.6 Å². The second-order valence-corrected chi connectivity index (χ2v) is 8.04. The number of aromatic amines is 1. The maximum absolute atomic E-state index is 12.2. The molecule has 0 unspecified atom stereocenters. The Labute approximate surface area is 162 Å². The van der Waals surface area contributed by atoms with Crippen molar-refractivity contribution in [3.63, 3.8) is 0 Å². The first-order chi connectivity index (χ1) is 12.8. The number of nitrogens with zero attached hydrogens (tertiary/aromatic N) is 3. The monoisotopic (exact) mass is 384 g/mol. The molecule has 3 aromatic rings. The molecule has 27 heavy (non-hydrogen) atoms. The van der Waals surface area contributed by atoms with Crippen molar-refractivity contribution in [3.05, 3.63) is 41.3 Å². The summed E-state index contributed by atoms with van der Waals surface area (Å²) in [5.74, 6) is 0. The summed E-state index contributed by atoms with van der Waals surface area (Å²) in [6, 6.07) is 6.22. The first kappa shape index (κ1) is 17.8. The Bertz CT molecular complexity index is 1060. The number of amides is 1. The predicted molar refractivity (Wildman–Crippen MR) is 107 cm³/mol. The predicted octanol–water partition coefficient (Wildman–Crippen LogP) is 4.79. The highest BCUT2D eigenvalue weighted by atomic mass is 35.5. The first-order valence-electron chi connectivity index (χ1n) is 8.91. The van der Waals surface area contributed by atoms with E-state index in [0.29, 0.717) is 18.2 Å². The average Bonchev–Trinajstić information content (AvgIpc) is 2.99. The van der Waals surface area contributed by atoms with E-state index < -0.39 is 5.60 Å². The topological polar surface area (TPSA) is 71.1 Å². The summed E-state index contributed by atoms with van der Waals surface area (Å²) in [6.45, 7) is 6.82. The van der Waals surface area contributed by atoms with E-state index in [1.165, 1.54) is 11.9 Å². The van der Waals surface area contributed by atoms with Crippen molar-refractivity contribution in [3.8, 4) is 0 Å². The summed E-state index contributed by atoms with van der Waals surface area (Å²) in [5.41, 5.74) is 3.57. The molecule has 7 heteroatoms.